The van der Waals surface area contributed by atoms with E-state index in [-0.39, 0.29) is 17.9 Å². The van der Waals surface area contributed by atoms with Crippen molar-refractivity contribution in [3.05, 3.63) is 36.1 Å². The molecular formula is C16H19NO3. The molecule has 106 valence electrons. The number of rotatable bonds is 2. The van der Waals surface area contributed by atoms with E-state index in [4.69, 9.17) is 4.42 Å². The molecule has 0 radical (unpaired) electrons. The summed E-state index contributed by atoms with van der Waals surface area (Å²) < 4.78 is 5.63. The second-order valence-corrected chi connectivity index (χ2v) is 5.42. The number of carbonyl (C=O) groups is 1. The summed E-state index contributed by atoms with van der Waals surface area (Å²) in [5, 5.41) is 10.8. The summed E-state index contributed by atoms with van der Waals surface area (Å²) in [5.74, 6) is 0.473. The van der Waals surface area contributed by atoms with Gasteiger partial charge in [-0.2, -0.15) is 0 Å². The van der Waals surface area contributed by atoms with Crippen molar-refractivity contribution < 1.29 is 14.3 Å². The maximum Gasteiger partial charge on any atom is 0.289 e. The Kier molecular flexibility index (Phi) is 3.49. The standard InChI is InChI=1S/C16H19NO3/c1-2-11-10-17(8-7-13(11)18)16(19)15-9-12-5-3-4-6-14(12)20-15/h3-6,9,11,13,18H,2,7-8,10H2,1H3. The number of hydrogen-bond donors (Lipinski definition) is 1. The first-order valence-corrected chi connectivity index (χ1v) is 7.15. The van der Waals surface area contributed by atoms with Crippen molar-refractivity contribution >= 4 is 16.9 Å². The molecule has 1 amide bonds. The highest BCUT2D eigenvalue weighted by Gasteiger charge is 2.30. The summed E-state index contributed by atoms with van der Waals surface area (Å²) in [4.78, 5) is 14.3. The largest absolute Gasteiger partial charge is 0.451 e. The number of carbonyl (C=O) groups excluding carboxylic acids is 1. The van der Waals surface area contributed by atoms with Crippen molar-refractivity contribution in [1.29, 1.82) is 0 Å². The van der Waals surface area contributed by atoms with Gasteiger partial charge in [0.2, 0.25) is 0 Å². The fourth-order valence-electron chi connectivity index (χ4n) is 2.85. The number of amides is 1. The molecule has 1 fully saturated rings. The minimum atomic E-state index is -0.292. The third-order valence-corrected chi connectivity index (χ3v) is 4.14. The van der Waals surface area contributed by atoms with E-state index in [2.05, 4.69) is 0 Å². The average Bonchev–Trinajstić information content (AvgIpc) is 2.91. The fraction of sp³-hybridized carbons (Fsp3) is 0.438. The van der Waals surface area contributed by atoms with Crippen LogP contribution in [0, 0.1) is 5.92 Å². The van der Waals surface area contributed by atoms with Gasteiger partial charge < -0.3 is 14.4 Å². The van der Waals surface area contributed by atoms with E-state index in [0.29, 0.717) is 25.3 Å². The second-order valence-electron chi connectivity index (χ2n) is 5.42. The molecule has 1 aromatic carbocycles. The van der Waals surface area contributed by atoms with Crippen molar-refractivity contribution in [1.82, 2.24) is 4.90 Å². The molecular weight excluding hydrogens is 254 g/mol. The van der Waals surface area contributed by atoms with Crippen LogP contribution in [0.2, 0.25) is 0 Å². The molecule has 4 heteroatoms. The molecule has 2 atom stereocenters. The topological polar surface area (TPSA) is 53.7 Å². The summed E-state index contributed by atoms with van der Waals surface area (Å²) >= 11 is 0. The lowest BCUT2D eigenvalue weighted by Crippen LogP contribution is -2.45. The zero-order valence-electron chi connectivity index (χ0n) is 11.6. The van der Waals surface area contributed by atoms with Gasteiger partial charge in [-0.25, -0.2) is 0 Å². The van der Waals surface area contributed by atoms with Crippen molar-refractivity contribution in [2.24, 2.45) is 5.92 Å². The highest BCUT2D eigenvalue weighted by atomic mass is 16.3. The second kappa shape index (κ2) is 5.29. The summed E-state index contributed by atoms with van der Waals surface area (Å²) in [7, 11) is 0. The maximum absolute atomic E-state index is 12.5. The Bertz CT molecular complexity index is 586. The summed E-state index contributed by atoms with van der Waals surface area (Å²) in [6, 6.07) is 9.41. The van der Waals surface area contributed by atoms with Crippen LogP contribution in [-0.4, -0.2) is 35.1 Å². The van der Waals surface area contributed by atoms with Gasteiger partial charge in [0.15, 0.2) is 5.76 Å². The van der Waals surface area contributed by atoms with Crippen molar-refractivity contribution in [3.63, 3.8) is 0 Å². The normalized spacial score (nSPS) is 23.2. The molecule has 0 saturated carbocycles. The molecule has 1 aliphatic rings. The Hall–Kier alpha value is -1.81. The van der Waals surface area contributed by atoms with E-state index in [9.17, 15) is 9.90 Å². The van der Waals surface area contributed by atoms with E-state index in [0.717, 1.165) is 17.4 Å². The van der Waals surface area contributed by atoms with Gasteiger partial charge in [0.25, 0.3) is 5.91 Å². The molecule has 1 aliphatic heterocycles. The number of hydrogen-bond acceptors (Lipinski definition) is 3. The first kappa shape index (κ1) is 13.2. The minimum Gasteiger partial charge on any atom is -0.451 e. The van der Waals surface area contributed by atoms with Gasteiger partial charge in [-0.1, -0.05) is 25.1 Å². The van der Waals surface area contributed by atoms with Crippen molar-refractivity contribution in [2.75, 3.05) is 13.1 Å². The van der Waals surface area contributed by atoms with Crippen LogP contribution in [-0.2, 0) is 0 Å². The van der Waals surface area contributed by atoms with Gasteiger partial charge in [0.1, 0.15) is 5.58 Å². The summed E-state index contributed by atoms with van der Waals surface area (Å²) in [6.07, 6.45) is 1.23. The van der Waals surface area contributed by atoms with E-state index >= 15 is 0 Å². The number of piperidine rings is 1. The van der Waals surface area contributed by atoms with E-state index in [1.54, 1.807) is 11.0 Å². The van der Waals surface area contributed by atoms with Crippen molar-refractivity contribution in [2.45, 2.75) is 25.9 Å². The predicted molar refractivity (Wildman–Crippen MR) is 76.5 cm³/mol. The number of benzene rings is 1. The van der Waals surface area contributed by atoms with Gasteiger partial charge in [-0.15, -0.1) is 0 Å². The third-order valence-electron chi connectivity index (χ3n) is 4.14. The number of likely N-dealkylation sites (tertiary alicyclic amines) is 1. The lowest BCUT2D eigenvalue weighted by atomic mass is 9.92. The first-order chi connectivity index (χ1) is 9.69. The maximum atomic E-state index is 12.5. The highest BCUT2D eigenvalue weighted by Crippen LogP contribution is 2.24. The average molecular weight is 273 g/mol. The molecule has 1 saturated heterocycles. The number of nitrogens with zero attached hydrogens (tertiary/aromatic N) is 1. The molecule has 0 aliphatic carbocycles. The number of furan rings is 1. The number of para-hydroxylation sites is 1. The molecule has 2 aromatic rings. The van der Waals surface area contributed by atoms with Gasteiger partial charge in [-0.05, 0) is 25.0 Å². The Labute approximate surface area is 118 Å². The molecule has 2 heterocycles. The first-order valence-electron chi connectivity index (χ1n) is 7.15. The molecule has 20 heavy (non-hydrogen) atoms. The highest BCUT2D eigenvalue weighted by molar-refractivity contribution is 5.96. The molecule has 0 spiro atoms. The van der Waals surface area contributed by atoms with E-state index in [1.165, 1.54) is 0 Å². The minimum absolute atomic E-state index is 0.0773. The predicted octanol–water partition coefficient (Wildman–Crippen LogP) is 2.67. The van der Waals surface area contributed by atoms with Crippen LogP contribution >= 0.6 is 0 Å². The number of aliphatic hydroxyl groups excluding tert-OH is 1. The molecule has 4 nitrogen and oxygen atoms in total. The van der Waals surface area contributed by atoms with Crippen LogP contribution < -0.4 is 0 Å². The Morgan fingerprint density at radius 1 is 1.45 bits per heavy atom. The Balaban J connectivity index is 1.81. The third kappa shape index (κ3) is 2.31. The van der Waals surface area contributed by atoms with Crippen LogP contribution in [0.15, 0.2) is 34.7 Å². The fourth-order valence-corrected chi connectivity index (χ4v) is 2.85. The van der Waals surface area contributed by atoms with Gasteiger partial charge in [-0.3, -0.25) is 4.79 Å². The zero-order valence-corrected chi connectivity index (χ0v) is 11.6. The van der Waals surface area contributed by atoms with Crippen LogP contribution in [0.1, 0.15) is 30.3 Å². The molecule has 1 aromatic heterocycles. The van der Waals surface area contributed by atoms with E-state index < -0.39 is 0 Å². The van der Waals surface area contributed by atoms with Crippen molar-refractivity contribution in [3.8, 4) is 0 Å². The van der Waals surface area contributed by atoms with Gasteiger partial charge in [0.05, 0.1) is 6.10 Å². The van der Waals surface area contributed by atoms with Crippen LogP contribution in [0.25, 0.3) is 11.0 Å². The zero-order chi connectivity index (χ0) is 14.1. The lowest BCUT2D eigenvalue weighted by molar-refractivity contribution is 0.0214. The number of aliphatic hydroxyl groups is 1. The van der Waals surface area contributed by atoms with E-state index in [1.807, 2.05) is 31.2 Å². The summed E-state index contributed by atoms with van der Waals surface area (Å²) in [6.45, 7) is 3.24. The van der Waals surface area contributed by atoms with Gasteiger partial charge >= 0.3 is 0 Å². The molecule has 3 rings (SSSR count). The SMILES string of the molecule is CCC1CN(C(=O)c2cc3ccccc3o2)CCC1O. The lowest BCUT2D eigenvalue weighted by Gasteiger charge is -2.35. The van der Waals surface area contributed by atoms with Gasteiger partial charge in [0, 0.05) is 24.4 Å². The quantitative estimate of drug-likeness (QED) is 0.915. The van der Waals surface area contributed by atoms with Crippen LogP contribution in [0.3, 0.4) is 0 Å². The summed E-state index contributed by atoms with van der Waals surface area (Å²) in [5.41, 5.74) is 0.736. The molecule has 2 unspecified atom stereocenters. The Morgan fingerprint density at radius 2 is 2.25 bits per heavy atom. The molecule has 1 N–H and O–H groups in total. The monoisotopic (exact) mass is 273 g/mol. The van der Waals surface area contributed by atoms with Crippen LogP contribution in [0.4, 0.5) is 0 Å². The smallest absolute Gasteiger partial charge is 0.289 e. The van der Waals surface area contributed by atoms with Crippen LogP contribution in [0.5, 0.6) is 0 Å². The Morgan fingerprint density at radius 3 is 3.00 bits per heavy atom. The molecule has 0 bridgehead atoms. The number of fused-ring (bicyclic) bond motifs is 1.